The molecule has 0 spiro atoms. The second kappa shape index (κ2) is 8.80. The number of aromatic nitrogens is 1. The molecule has 1 aromatic heterocycles. The van der Waals surface area contributed by atoms with Gasteiger partial charge in [-0.3, -0.25) is 19.5 Å². The molecule has 182 valence electrons. The smallest absolute Gasteiger partial charge is 0.361 e. The molecule has 6 rings (SSSR count). The number of rotatable bonds is 4. The molecule has 2 aromatic rings. The molecule has 0 radical (unpaired) electrons. The first-order chi connectivity index (χ1) is 16.9. The number of pyridine rings is 1. The van der Waals surface area contributed by atoms with Gasteiger partial charge in [0, 0.05) is 69.0 Å². The predicted molar refractivity (Wildman–Crippen MR) is 127 cm³/mol. The quantitative estimate of drug-likeness (QED) is 0.603. The summed E-state index contributed by atoms with van der Waals surface area (Å²) < 4.78 is 0. The van der Waals surface area contributed by atoms with Crippen molar-refractivity contribution < 1.29 is 19.2 Å². The molecular formula is C25H26ClN5O4. The zero-order valence-electron chi connectivity index (χ0n) is 19.2. The van der Waals surface area contributed by atoms with Gasteiger partial charge in [-0.2, -0.15) is 0 Å². The Morgan fingerprint density at radius 3 is 2.49 bits per heavy atom. The minimum Gasteiger partial charge on any atom is -0.361 e. The highest BCUT2D eigenvalue weighted by molar-refractivity contribution is 6.30. The van der Waals surface area contributed by atoms with Gasteiger partial charge in [0.2, 0.25) is 0 Å². The van der Waals surface area contributed by atoms with Crippen molar-refractivity contribution in [2.45, 2.75) is 32.5 Å². The number of likely N-dealkylation sites (tertiary alicyclic amines) is 2. The van der Waals surface area contributed by atoms with Crippen molar-refractivity contribution in [3.05, 3.63) is 58.4 Å². The summed E-state index contributed by atoms with van der Waals surface area (Å²) in [6.07, 6.45) is 1.42. The SMILES string of the molecule is O=C(ON1C(=O)CCC1=O)N1CC2CN(Cc3ccc(Cl)cc3N3Cc4cccnc4C3)CC2C1. The lowest BCUT2D eigenvalue weighted by Crippen LogP contribution is -2.40. The largest absolute Gasteiger partial charge is 0.434 e. The fourth-order valence-electron chi connectivity index (χ4n) is 5.74. The van der Waals surface area contributed by atoms with E-state index in [1.807, 2.05) is 24.4 Å². The number of fused-ring (bicyclic) bond motifs is 2. The molecule has 0 bridgehead atoms. The topological polar surface area (TPSA) is 86.3 Å². The summed E-state index contributed by atoms with van der Waals surface area (Å²) in [6, 6.07) is 10.2. The van der Waals surface area contributed by atoms with E-state index in [0.717, 1.165) is 49.1 Å². The fourth-order valence-corrected chi connectivity index (χ4v) is 5.90. The lowest BCUT2D eigenvalue weighted by atomic mass is 10.0. The number of imide groups is 1. The third-order valence-corrected chi connectivity index (χ3v) is 7.70. The second-order valence-electron chi connectivity index (χ2n) is 9.80. The Bertz CT molecular complexity index is 1150. The van der Waals surface area contributed by atoms with E-state index in [0.29, 0.717) is 30.0 Å². The van der Waals surface area contributed by atoms with E-state index in [1.54, 1.807) is 4.90 Å². The van der Waals surface area contributed by atoms with Crippen molar-refractivity contribution in [1.29, 1.82) is 0 Å². The number of anilines is 1. The first-order valence-corrected chi connectivity index (χ1v) is 12.3. The Morgan fingerprint density at radius 1 is 1.03 bits per heavy atom. The monoisotopic (exact) mass is 495 g/mol. The number of benzene rings is 1. The fraction of sp³-hybridized carbons (Fsp3) is 0.440. The Balaban J connectivity index is 1.08. The highest BCUT2D eigenvalue weighted by Crippen LogP contribution is 2.36. The van der Waals surface area contributed by atoms with Crippen LogP contribution in [-0.2, 0) is 34.1 Å². The van der Waals surface area contributed by atoms with Gasteiger partial charge in [0.15, 0.2) is 0 Å². The molecule has 10 heteroatoms. The molecule has 3 saturated heterocycles. The van der Waals surface area contributed by atoms with Crippen molar-refractivity contribution in [2.24, 2.45) is 11.8 Å². The maximum atomic E-state index is 12.5. The zero-order valence-corrected chi connectivity index (χ0v) is 20.0. The third-order valence-electron chi connectivity index (χ3n) is 7.46. The molecule has 1 aromatic carbocycles. The minimum absolute atomic E-state index is 0.0963. The van der Waals surface area contributed by atoms with E-state index in [-0.39, 0.29) is 12.8 Å². The Kier molecular flexibility index (Phi) is 5.61. The van der Waals surface area contributed by atoms with E-state index in [1.165, 1.54) is 11.1 Å². The highest BCUT2D eigenvalue weighted by Gasteiger charge is 2.43. The van der Waals surface area contributed by atoms with Crippen LogP contribution in [0.4, 0.5) is 10.5 Å². The van der Waals surface area contributed by atoms with E-state index in [2.05, 4.69) is 26.9 Å². The number of hydrogen-bond acceptors (Lipinski definition) is 7. The van der Waals surface area contributed by atoms with Crippen LogP contribution in [0.2, 0.25) is 5.02 Å². The van der Waals surface area contributed by atoms with Crippen molar-refractivity contribution in [3.8, 4) is 0 Å². The normalized spacial score (nSPS) is 23.9. The molecule has 0 aliphatic carbocycles. The van der Waals surface area contributed by atoms with Gasteiger partial charge in [0.1, 0.15) is 0 Å². The number of amides is 3. The average Bonchev–Trinajstić information content (AvgIpc) is 3.59. The van der Waals surface area contributed by atoms with Gasteiger partial charge in [0.25, 0.3) is 11.8 Å². The van der Waals surface area contributed by atoms with Crippen molar-refractivity contribution in [1.82, 2.24) is 19.8 Å². The summed E-state index contributed by atoms with van der Waals surface area (Å²) >= 11 is 6.37. The third kappa shape index (κ3) is 4.23. The van der Waals surface area contributed by atoms with E-state index >= 15 is 0 Å². The predicted octanol–water partition coefficient (Wildman–Crippen LogP) is 2.82. The zero-order chi connectivity index (χ0) is 24.1. The molecule has 2 unspecified atom stereocenters. The van der Waals surface area contributed by atoms with E-state index in [4.69, 9.17) is 16.4 Å². The van der Waals surface area contributed by atoms with Gasteiger partial charge >= 0.3 is 6.09 Å². The first kappa shape index (κ1) is 22.3. The maximum absolute atomic E-state index is 12.5. The maximum Gasteiger partial charge on any atom is 0.434 e. The minimum atomic E-state index is -0.614. The molecule has 35 heavy (non-hydrogen) atoms. The van der Waals surface area contributed by atoms with Gasteiger partial charge in [0.05, 0.1) is 12.2 Å². The Morgan fingerprint density at radius 2 is 1.77 bits per heavy atom. The lowest BCUT2D eigenvalue weighted by Gasteiger charge is -2.26. The van der Waals surface area contributed by atoms with Gasteiger partial charge in [-0.15, -0.1) is 5.06 Å². The molecule has 9 nitrogen and oxygen atoms in total. The summed E-state index contributed by atoms with van der Waals surface area (Å²) in [7, 11) is 0. The summed E-state index contributed by atoms with van der Waals surface area (Å²) in [5.41, 5.74) is 4.72. The average molecular weight is 496 g/mol. The number of hydrogen-bond donors (Lipinski definition) is 0. The number of carbonyl (C=O) groups excluding carboxylic acids is 3. The van der Waals surface area contributed by atoms with E-state index in [9.17, 15) is 14.4 Å². The van der Waals surface area contributed by atoms with Crippen LogP contribution in [0.1, 0.15) is 29.7 Å². The molecule has 4 aliphatic heterocycles. The van der Waals surface area contributed by atoms with Crippen LogP contribution in [0.3, 0.4) is 0 Å². The molecule has 4 aliphatic rings. The Labute approximate surface area is 208 Å². The van der Waals surface area contributed by atoms with Crippen LogP contribution in [0.25, 0.3) is 0 Å². The first-order valence-electron chi connectivity index (χ1n) is 12.0. The Hall–Kier alpha value is -3.17. The van der Waals surface area contributed by atoms with Gasteiger partial charge in [-0.25, -0.2) is 4.79 Å². The summed E-state index contributed by atoms with van der Waals surface area (Å²) in [5, 5.41) is 1.34. The van der Waals surface area contributed by atoms with Crippen LogP contribution >= 0.6 is 11.6 Å². The molecule has 3 fully saturated rings. The number of nitrogens with zero attached hydrogens (tertiary/aromatic N) is 5. The molecule has 3 amide bonds. The van der Waals surface area contributed by atoms with Crippen molar-refractivity contribution in [3.63, 3.8) is 0 Å². The lowest BCUT2D eigenvalue weighted by molar-refractivity contribution is -0.173. The number of halogens is 1. The molecule has 0 saturated carbocycles. The molecule has 5 heterocycles. The molecule has 2 atom stereocenters. The van der Waals surface area contributed by atoms with Crippen LogP contribution in [0, 0.1) is 11.8 Å². The summed E-state index contributed by atoms with van der Waals surface area (Å²) in [5.74, 6) is -0.235. The van der Waals surface area contributed by atoms with Crippen molar-refractivity contribution in [2.75, 3.05) is 31.1 Å². The van der Waals surface area contributed by atoms with Crippen molar-refractivity contribution >= 4 is 35.2 Å². The number of hydroxylamine groups is 2. The highest BCUT2D eigenvalue weighted by atomic mass is 35.5. The standard InChI is InChI=1S/C25H26ClN5O4/c26-20-4-3-17(22(8-20)29-12-16-2-1-7-27-21(16)15-29)9-28-10-18-13-30(14-19(18)11-28)25(34)35-31-23(32)5-6-24(31)33/h1-4,7-8,18-19H,5-6,9-15H2. The summed E-state index contributed by atoms with van der Waals surface area (Å²) in [6.45, 7) is 5.28. The second-order valence-corrected chi connectivity index (χ2v) is 10.2. The van der Waals surface area contributed by atoms with E-state index < -0.39 is 17.9 Å². The van der Waals surface area contributed by atoms with Crippen LogP contribution in [-0.4, -0.2) is 63.9 Å². The molecule has 0 N–H and O–H groups in total. The molecular weight excluding hydrogens is 470 g/mol. The van der Waals surface area contributed by atoms with Crippen LogP contribution < -0.4 is 4.90 Å². The van der Waals surface area contributed by atoms with Gasteiger partial charge in [-0.1, -0.05) is 23.7 Å². The van der Waals surface area contributed by atoms with Crippen LogP contribution in [0.5, 0.6) is 0 Å². The summed E-state index contributed by atoms with van der Waals surface area (Å²) in [4.78, 5) is 52.0. The van der Waals surface area contributed by atoms with Crippen LogP contribution in [0.15, 0.2) is 36.5 Å². The van der Waals surface area contributed by atoms with Gasteiger partial charge in [-0.05, 0) is 41.2 Å². The van der Waals surface area contributed by atoms with Gasteiger partial charge < -0.3 is 14.6 Å². The number of carbonyl (C=O) groups is 3.